The predicted molar refractivity (Wildman–Crippen MR) is 94.2 cm³/mol. The lowest BCUT2D eigenvalue weighted by molar-refractivity contribution is -0.384. The van der Waals surface area contributed by atoms with Gasteiger partial charge in [-0.3, -0.25) is 14.9 Å². The number of rotatable bonds is 8. The van der Waals surface area contributed by atoms with E-state index in [0.717, 1.165) is 5.56 Å². The van der Waals surface area contributed by atoms with E-state index in [0.29, 0.717) is 36.8 Å². The van der Waals surface area contributed by atoms with E-state index < -0.39 is 4.92 Å². The van der Waals surface area contributed by atoms with Crippen LogP contribution < -0.4 is 10.1 Å². The highest BCUT2D eigenvalue weighted by atomic mass is 16.6. The number of nitro benzene ring substituents is 1. The van der Waals surface area contributed by atoms with Gasteiger partial charge in [-0.2, -0.15) is 0 Å². The second-order valence-corrected chi connectivity index (χ2v) is 5.28. The molecule has 7 heteroatoms. The van der Waals surface area contributed by atoms with Gasteiger partial charge in [-0.05, 0) is 37.6 Å². The van der Waals surface area contributed by atoms with Crippen molar-refractivity contribution < 1.29 is 19.2 Å². The molecule has 0 heterocycles. The van der Waals surface area contributed by atoms with Crippen LogP contribution in [0.5, 0.6) is 5.75 Å². The van der Waals surface area contributed by atoms with E-state index >= 15 is 0 Å². The quantitative estimate of drug-likeness (QED) is 0.449. The Balaban J connectivity index is 2.08. The van der Waals surface area contributed by atoms with Crippen LogP contribution in [0.25, 0.3) is 0 Å². The fraction of sp³-hybridized carbons (Fsp3) is 0.278. The van der Waals surface area contributed by atoms with Crippen molar-refractivity contribution in [1.29, 1.82) is 0 Å². The number of anilines is 1. The van der Waals surface area contributed by atoms with Crippen LogP contribution in [-0.4, -0.2) is 30.7 Å². The van der Waals surface area contributed by atoms with Gasteiger partial charge in [-0.25, -0.2) is 0 Å². The van der Waals surface area contributed by atoms with Crippen molar-refractivity contribution in [1.82, 2.24) is 0 Å². The largest absolute Gasteiger partial charge is 0.491 e. The monoisotopic (exact) mass is 344 g/mol. The average Bonchev–Trinajstić information content (AvgIpc) is 2.60. The number of nitrogens with one attached hydrogen (secondary N) is 1. The highest BCUT2D eigenvalue weighted by Crippen LogP contribution is 2.23. The molecule has 0 atom stereocenters. The van der Waals surface area contributed by atoms with E-state index in [1.807, 2.05) is 6.92 Å². The molecule has 7 nitrogen and oxygen atoms in total. The maximum absolute atomic E-state index is 12.4. The SMILES string of the molecule is CCOCCOc1cccc(C(=O)Nc2cc([N+](=O)[O-])ccc2C)c1. The number of hydrogen-bond donors (Lipinski definition) is 1. The smallest absolute Gasteiger partial charge is 0.271 e. The number of nitrogens with zero attached hydrogens (tertiary/aromatic N) is 1. The first kappa shape index (κ1) is 18.4. The summed E-state index contributed by atoms with van der Waals surface area (Å²) >= 11 is 0. The van der Waals surface area contributed by atoms with Gasteiger partial charge in [0, 0.05) is 24.3 Å². The van der Waals surface area contributed by atoms with Crippen molar-refractivity contribution >= 4 is 17.3 Å². The average molecular weight is 344 g/mol. The van der Waals surface area contributed by atoms with Crippen molar-refractivity contribution in [2.75, 3.05) is 25.1 Å². The fourth-order valence-corrected chi connectivity index (χ4v) is 2.14. The molecule has 0 unspecified atom stereocenters. The van der Waals surface area contributed by atoms with E-state index in [1.165, 1.54) is 12.1 Å². The van der Waals surface area contributed by atoms with Gasteiger partial charge in [-0.15, -0.1) is 0 Å². The standard InChI is InChI=1S/C18H20N2O5/c1-3-24-9-10-25-16-6-4-5-14(11-16)18(21)19-17-12-15(20(22)23)8-7-13(17)2/h4-8,11-12H,3,9-10H2,1-2H3,(H,19,21). The van der Waals surface area contributed by atoms with Crippen LogP contribution in [0.3, 0.4) is 0 Å². The number of aryl methyl sites for hydroxylation is 1. The molecule has 0 spiro atoms. The summed E-state index contributed by atoms with van der Waals surface area (Å²) in [5.41, 5.74) is 1.47. The molecular formula is C18H20N2O5. The molecule has 0 aliphatic carbocycles. The number of nitro groups is 1. The highest BCUT2D eigenvalue weighted by Gasteiger charge is 2.13. The minimum absolute atomic E-state index is 0.0751. The molecular weight excluding hydrogens is 324 g/mol. The van der Waals surface area contributed by atoms with E-state index in [9.17, 15) is 14.9 Å². The van der Waals surface area contributed by atoms with Crippen molar-refractivity contribution in [2.45, 2.75) is 13.8 Å². The lowest BCUT2D eigenvalue weighted by Gasteiger charge is -2.10. The second kappa shape index (κ2) is 8.79. The number of amides is 1. The van der Waals surface area contributed by atoms with E-state index in [1.54, 1.807) is 37.3 Å². The van der Waals surface area contributed by atoms with Crippen LogP contribution in [0, 0.1) is 17.0 Å². The van der Waals surface area contributed by atoms with Crippen LogP contribution >= 0.6 is 0 Å². The summed E-state index contributed by atoms with van der Waals surface area (Å²) < 4.78 is 10.7. The molecule has 132 valence electrons. The third-order valence-electron chi connectivity index (χ3n) is 3.48. The van der Waals surface area contributed by atoms with Crippen LogP contribution in [0.2, 0.25) is 0 Å². The molecule has 0 saturated heterocycles. The Kier molecular flexibility index (Phi) is 6.47. The first-order valence-electron chi connectivity index (χ1n) is 7.88. The number of ether oxygens (including phenoxy) is 2. The van der Waals surface area contributed by atoms with E-state index in [-0.39, 0.29) is 11.6 Å². The first-order chi connectivity index (χ1) is 12.0. The van der Waals surface area contributed by atoms with Gasteiger partial charge >= 0.3 is 0 Å². The van der Waals surface area contributed by atoms with Crippen molar-refractivity contribution in [3.63, 3.8) is 0 Å². The predicted octanol–water partition coefficient (Wildman–Crippen LogP) is 3.57. The molecule has 2 aromatic rings. The molecule has 0 bridgehead atoms. The molecule has 2 rings (SSSR count). The Bertz CT molecular complexity index is 761. The Morgan fingerprint density at radius 3 is 2.72 bits per heavy atom. The summed E-state index contributed by atoms with van der Waals surface area (Å²) in [4.78, 5) is 22.8. The van der Waals surface area contributed by atoms with Crippen molar-refractivity contribution in [3.8, 4) is 5.75 Å². The van der Waals surface area contributed by atoms with Crippen LogP contribution in [0.4, 0.5) is 11.4 Å². The van der Waals surface area contributed by atoms with Crippen molar-refractivity contribution in [2.24, 2.45) is 0 Å². The zero-order valence-electron chi connectivity index (χ0n) is 14.2. The topological polar surface area (TPSA) is 90.7 Å². The third-order valence-corrected chi connectivity index (χ3v) is 3.48. The van der Waals surface area contributed by atoms with Gasteiger partial charge in [0.05, 0.1) is 17.2 Å². The summed E-state index contributed by atoms with van der Waals surface area (Å²) in [7, 11) is 0. The van der Waals surface area contributed by atoms with Gasteiger partial charge in [0.1, 0.15) is 12.4 Å². The van der Waals surface area contributed by atoms with E-state index in [4.69, 9.17) is 9.47 Å². The van der Waals surface area contributed by atoms with Crippen LogP contribution in [0.15, 0.2) is 42.5 Å². The van der Waals surface area contributed by atoms with Crippen LogP contribution in [0.1, 0.15) is 22.8 Å². The molecule has 0 radical (unpaired) electrons. The number of hydrogen-bond acceptors (Lipinski definition) is 5. The third kappa shape index (κ3) is 5.29. The van der Waals surface area contributed by atoms with Gasteiger partial charge in [0.15, 0.2) is 0 Å². The van der Waals surface area contributed by atoms with Gasteiger partial charge in [0.2, 0.25) is 0 Å². The summed E-state index contributed by atoms with van der Waals surface area (Å²) in [5, 5.41) is 13.6. The van der Waals surface area contributed by atoms with Crippen molar-refractivity contribution in [3.05, 3.63) is 63.7 Å². The lowest BCUT2D eigenvalue weighted by atomic mass is 10.1. The molecule has 2 aromatic carbocycles. The van der Waals surface area contributed by atoms with Gasteiger partial charge in [-0.1, -0.05) is 12.1 Å². The summed E-state index contributed by atoms with van der Waals surface area (Å²) in [5.74, 6) is 0.196. The molecule has 0 aromatic heterocycles. The Morgan fingerprint density at radius 1 is 1.20 bits per heavy atom. The molecule has 0 saturated carbocycles. The Hall–Kier alpha value is -2.93. The molecule has 1 amide bonds. The summed E-state index contributed by atoms with van der Waals surface area (Å²) in [6.07, 6.45) is 0. The number of benzene rings is 2. The van der Waals surface area contributed by atoms with Gasteiger partial charge < -0.3 is 14.8 Å². The van der Waals surface area contributed by atoms with E-state index in [2.05, 4.69) is 5.32 Å². The molecule has 0 aliphatic rings. The van der Waals surface area contributed by atoms with Crippen LogP contribution in [-0.2, 0) is 4.74 Å². The maximum atomic E-state index is 12.4. The molecule has 0 aliphatic heterocycles. The summed E-state index contributed by atoms with van der Waals surface area (Å²) in [6, 6.07) is 11.1. The minimum atomic E-state index is -0.498. The molecule has 0 fully saturated rings. The summed E-state index contributed by atoms with van der Waals surface area (Å²) in [6.45, 7) is 5.16. The lowest BCUT2D eigenvalue weighted by Crippen LogP contribution is -2.13. The Morgan fingerprint density at radius 2 is 2.00 bits per heavy atom. The fourth-order valence-electron chi connectivity index (χ4n) is 2.14. The van der Waals surface area contributed by atoms with Gasteiger partial charge in [0.25, 0.3) is 11.6 Å². The minimum Gasteiger partial charge on any atom is -0.491 e. The molecule has 25 heavy (non-hydrogen) atoms. The zero-order valence-corrected chi connectivity index (χ0v) is 14.2. The Labute approximate surface area is 145 Å². The molecule has 1 N–H and O–H groups in total. The highest BCUT2D eigenvalue weighted by molar-refractivity contribution is 6.05. The first-order valence-corrected chi connectivity index (χ1v) is 7.88. The zero-order chi connectivity index (χ0) is 18.2. The second-order valence-electron chi connectivity index (χ2n) is 5.28. The number of non-ortho nitro benzene ring substituents is 1. The number of carbonyl (C=O) groups excluding carboxylic acids is 1. The normalized spacial score (nSPS) is 10.3. The number of carbonyl (C=O) groups is 1. The maximum Gasteiger partial charge on any atom is 0.271 e.